The van der Waals surface area contributed by atoms with Crippen molar-refractivity contribution in [3.05, 3.63) is 60.8 Å². The maximum absolute atomic E-state index is 5.78. The predicted octanol–water partition coefficient (Wildman–Crippen LogP) is 3.32. The topological polar surface area (TPSA) is 17.2 Å². The minimum Gasteiger partial charge on any atom is -0.230 e. The molecule has 0 saturated heterocycles. The summed E-state index contributed by atoms with van der Waals surface area (Å²) in [6, 6.07) is 18.6. The monoisotopic (exact) mass is 220 g/mol. The smallest absolute Gasteiger partial charge is 0.230 e. The van der Waals surface area contributed by atoms with E-state index in [2.05, 4.69) is 30.3 Å². The van der Waals surface area contributed by atoms with Crippen LogP contribution < -0.4 is 4.57 Å². The normalized spacial score (nSPS) is 11.5. The Balaban J connectivity index is 2.28. The summed E-state index contributed by atoms with van der Waals surface area (Å²) in [5.74, 6) is 0. The van der Waals surface area contributed by atoms with Crippen molar-refractivity contribution in [2.45, 2.75) is 0 Å². The first-order valence-electron chi connectivity index (χ1n) is 5.64. The number of hydrogen-bond acceptors (Lipinski definition) is 1. The molecule has 0 saturated carbocycles. The minimum absolute atomic E-state index is 0.919. The van der Waals surface area contributed by atoms with Crippen LogP contribution in [0.4, 0.5) is 0 Å². The third-order valence-electron chi connectivity index (χ3n) is 3.14. The fourth-order valence-corrected chi connectivity index (χ4v) is 2.30. The van der Waals surface area contributed by atoms with E-state index in [0.717, 1.165) is 16.5 Å². The van der Waals surface area contributed by atoms with Gasteiger partial charge in [-0.1, -0.05) is 30.3 Å². The third-order valence-corrected chi connectivity index (χ3v) is 3.14. The summed E-state index contributed by atoms with van der Waals surface area (Å²) in [4.78, 5) is 0. The van der Waals surface area contributed by atoms with E-state index in [1.165, 1.54) is 10.8 Å². The van der Waals surface area contributed by atoms with E-state index in [9.17, 15) is 0 Å². The highest BCUT2D eigenvalue weighted by Gasteiger charge is 2.15. The zero-order chi connectivity index (χ0) is 11.2. The SMILES string of the molecule is c1ccc2c[n+]3oc4ccccc4c3cc2c1. The Morgan fingerprint density at radius 1 is 0.824 bits per heavy atom. The zero-order valence-electron chi connectivity index (χ0n) is 9.13. The first kappa shape index (κ1) is 8.76. The first-order valence-corrected chi connectivity index (χ1v) is 5.64. The number of rotatable bonds is 0. The van der Waals surface area contributed by atoms with Gasteiger partial charge in [-0.25, -0.2) is 4.52 Å². The second-order valence-electron chi connectivity index (χ2n) is 4.20. The summed E-state index contributed by atoms with van der Waals surface area (Å²) in [5.41, 5.74) is 2.03. The average Bonchev–Trinajstić information content (AvgIpc) is 2.73. The molecular formula is C15H10NO+. The molecule has 2 nitrogen and oxygen atoms in total. The van der Waals surface area contributed by atoms with Crippen molar-refractivity contribution in [3.8, 4) is 0 Å². The quantitative estimate of drug-likeness (QED) is 0.415. The fraction of sp³-hybridized carbons (Fsp3) is 0. The lowest BCUT2D eigenvalue weighted by Crippen LogP contribution is -2.16. The fourth-order valence-electron chi connectivity index (χ4n) is 2.30. The molecule has 4 rings (SSSR count). The van der Waals surface area contributed by atoms with Crippen LogP contribution >= 0.6 is 0 Å². The minimum atomic E-state index is 0.919. The summed E-state index contributed by atoms with van der Waals surface area (Å²) in [7, 11) is 0. The molecule has 2 heteroatoms. The molecule has 2 aromatic heterocycles. The Labute approximate surface area is 97.7 Å². The van der Waals surface area contributed by atoms with Crippen LogP contribution in [0.5, 0.6) is 0 Å². The molecule has 0 N–H and O–H groups in total. The summed E-state index contributed by atoms with van der Waals surface area (Å²) in [5, 5.41) is 3.57. The van der Waals surface area contributed by atoms with E-state index >= 15 is 0 Å². The van der Waals surface area contributed by atoms with Gasteiger partial charge in [-0.3, -0.25) is 0 Å². The lowest BCUT2D eigenvalue weighted by Gasteiger charge is -1.90. The molecular weight excluding hydrogens is 210 g/mol. The number of aromatic nitrogens is 1. The predicted molar refractivity (Wildman–Crippen MR) is 66.9 cm³/mol. The van der Waals surface area contributed by atoms with Gasteiger partial charge in [0.2, 0.25) is 11.8 Å². The van der Waals surface area contributed by atoms with Crippen LogP contribution in [0.1, 0.15) is 0 Å². The second kappa shape index (κ2) is 3.08. The molecule has 0 amide bonds. The number of para-hydroxylation sites is 1. The molecule has 0 bridgehead atoms. The molecule has 80 valence electrons. The van der Waals surface area contributed by atoms with Crippen LogP contribution in [-0.4, -0.2) is 0 Å². The highest BCUT2D eigenvalue weighted by molar-refractivity contribution is 5.94. The highest BCUT2D eigenvalue weighted by Crippen LogP contribution is 2.21. The van der Waals surface area contributed by atoms with Gasteiger partial charge in [0, 0.05) is 10.6 Å². The van der Waals surface area contributed by atoms with Gasteiger partial charge in [0.1, 0.15) is 5.39 Å². The van der Waals surface area contributed by atoms with Crippen molar-refractivity contribution >= 4 is 27.3 Å². The van der Waals surface area contributed by atoms with Gasteiger partial charge < -0.3 is 0 Å². The Hall–Kier alpha value is -2.35. The summed E-state index contributed by atoms with van der Waals surface area (Å²) in [6.45, 7) is 0. The second-order valence-corrected chi connectivity index (χ2v) is 4.20. The highest BCUT2D eigenvalue weighted by atomic mass is 16.5. The van der Waals surface area contributed by atoms with Crippen molar-refractivity contribution < 1.29 is 9.10 Å². The molecule has 0 aliphatic heterocycles. The van der Waals surface area contributed by atoms with Crippen LogP contribution in [0, 0.1) is 0 Å². The maximum Gasteiger partial charge on any atom is 0.269 e. The van der Waals surface area contributed by atoms with Gasteiger partial charge in [0.25, 0.3) is 5.52 Å². The number of pyridine rings is 1. The van der Waals surface area contributed by atoms with Crippen LogP contribution in [0.15, 0.2) is 65.3 Å². The first-order chi connectivity index (χ1) is 8.42. The summed E-state index contributed by atoms with van der Waals surface area (Å²) >= 11 is 0. The van der Waals surface area contributed by atoms with Crippen LogP contribution in [0.3, 0.4) is 0 Å². The van der Waals surface area contributed by atoms with Gasteiger partial charge in [-0.15, -0.1) is 0 Å². The van der Waals surface area contributed by atoms with Gasteiger partial charge in [0.15, 0.2) is 0 Å². The molecule has 0 fully saturated rings. The molecule has 0 aliphatic rings. The number of nitrogens with zero attached hydrogens (tertiary/aromatic N) is 1. The third kappa shape index (κ3) is 1.18. The van der Waals surface area contributed by atoms with Crippen molar-refractivity contribution in [2.24, 2.45) is 0 Å². The Morgan fingerprint density at radius 2 is 1.59 bits per heavy atom. The van der Waals surface area contributed by atoms with E-state index in [0.29, 0.717) is 0 Å². The maximum atomic E-state index is 5.78. The van der Waals surface area contributed by atoms with Crippen molar-refractivity contribution in [1.82, 2.24) is 0 Å². The van der Waals surface area contributed by atoms with Gasteiger partial charge in [-0.2, -0.15) is 0 Å². The van der Waals surface area contributed by atoms with Crippen LogP contribution in [0.25, 0.3) is 27.3 Å². The summed E-state index contributed by atoms with van der Waals surface area (Å²) in [6.07, 6.45) is 2.03. The van der Waals surface area contributed by atoms with E-state index < -0.39 is 0 Å². The van der Waals surface area contributed by atoms with Crippen molar-refractivity contribution in [3.63, 3.8) is 0 Å². The van der Waals surface area contributed by atoms with Gasteiger partial charge in [-0.05, 0) is 23.6 Å². The zero-order valence-corrected chi connectivity index (χ0v) is 9.13. The van der Waals surface area contributed by atoms with E-state index in [-0.39, 0.29) is 0 Å². The van der Waals surface area contributed by atoms with Crippen molar-refractivity contribution in [2.75, 3.05) is 0 Å². The van der Waals surface area contributed by atoms with E-state index in [1.807, 2.05) is 35.0 Å². The number of benzene rings is 2. The Morgan fingerprint density at radius 3 is 2.53 bits per heavy atom. The average molecular weight is 220 g/mol. The van der Waals surface area contributed by atoms with E-state index in [4.69, 9.17) is 4.52 Å². The standard InChI is InChI=1S/C15H10NO/c1-2-6-12-10-16-14(9-11(12)5-1)13-7-3-4-8-15(13)17-16/h1-10H/q+1. The molecule has 17 heavy (non-hydrogen) atoms. The lowest BCUT2D eigenvalue weighted by atomic mass is 10.1. The number of fused-ring (bicyclic) bond motifs is 4. The molecule has 4 aromatic rings. The van der Waals surface area contributed by atoms with E-state index in [1.54, 1.807) is 0 Å². The molecule has 0 atom stereocenters. The molecule has 2 aromatic carbocycles. The summed E-state index contributed by atoms with van der Waals surface area (Å²) < 4.78 is 7.62. The van der Waals surface area contributed by atoms with Gasteiger partial charge >= 0.3 is 0 Å². The molecule has 0 spiro atoms. The van der Waals surface area contributed by atoms with Crippen LogP contribution in [-0.2, 0) is 0 Å². The molecule has 2 heterocycles. The van der Waals surface area contributed by atoms with Crippen molar-refractivity contribution in [1.29, 1.82) is 0 Å². The Bertz CT molecular complexity index is 839. The Kier molecular flexibility index (Phi) is 1.59. The molecule has 0 aliphatic carbocycles. The largest absolute Gasteiger partial charge is 0.269 e. The lowest BCUT2D eigenvalue weighted by molar-refractivity contribution is -0.710. The number of hydrogen-bond donors (Lipinski definition) is 0. The van der Waals surface area contributed by atoms with Crippen LogP contribution in [0.2, 0.25) is 0 Å². The molecule has 0 radical (unpaired) electrons. The molecule has 0 unspecified atom stereocenters. The van der Waals surface area contributed by atoms with Gasteiger partial charge in [0.05, 0.1) is 5.39 Å².